The number of benzene rings is 2. The summed E-state index contributed by atoms with van der Waals surface area (Å²) in [6, 6.07) is 20.1. The summed E-state index contributed by atoms with van der Waals surface area (Å²) in [5.74, 6) is 1.26. The summed E-state index contributed by atoms with van der Waals surface area (Å²) in [4.78, 5) is 21.6. The van der Waals surface area contributed by atoms with Gasteiger partial charge in [0.15, 0.2) is 0 Å². The molecule has 0 saturated carbocycles. The third-order valence-corrected chi connectivity index (χ3v) is 5.95. The third kappa shape index (κ3) is 6.73. The van der Waals surface area contributed by atoms with E-state index >= 15 is 0 Å². The Morgan fingerprint density at radius 3 is 2.54 bits per heavy atom. The van der Waals surface area contributed by atoms with E-state index < -0.39 is 0 Å². The first-order valence-corrected chi connectivity index (χ1v) is 12.1. The number of piperazine rings is 1. The zero-order valence-electron chi connectivity index (χ0n) is 20.7. The Balaban J connectivity index is 1.32. The molecule has 0 radical (unpaired) electrons. The minimum atomic E-state index is -0.319. The lowest BCUT2D eigenvalue weighted by Crippen LogP contribution is -2.46. The fourth-order valence-corrected chi connectivity index (χ4v) is 4.18. The van der Waals surface area contributed by atoms with Crippen molar-refractivity contribution in [1.82, 2.24) is 9.88 Å². The molecule has 3 aromatic rings. The number of aromatic nitrogens is 1. The van der Waals surface area contributed by atoms with Crippen LogP contribution in [-0.2, 0) is 17.9 Å². The van der Waals surface area contributed by atoms with Crippen molar-refractivity contribution in [1.29, 1.82) is 0 Å². The molecule has 0 aliphatic carbocycles. The van der Waals surface area contributed by atoms with Gasteiger partial charge in [-0.1, -0.05) is 24.3 Å². The zero-order chi connectivity index (χ0) is 24.6. The van der Waals surface area contributed by atoms with Gasteiger partial charge in [-0.15, -0.1) is 0 Å². The maximum atomic E-state index is 12.5. The highest BCUT2D eigenvalue weighted by Gasteiger charge is 2.23. The molecule has 0 bridgehead atoms. The van der Waals surface area contributed by atoms with Crippen molar-refractivity contribution in [2.24, 2.45) is 0 Å². The van der Waals surface area contributed by atoms with E-state index in [1.807, 2.05) is 45.2 Å². The summed E-state index contributed by atoms with van der Waals surface area (Å²) >= 11 is 0. The van der Waals surface area contributed by atoms with Crippen LogP contribution in [0.15, 0.2) is 66.9 Å². The number of anilines is 2. The lowest BCUT2D eigenvalue weighted by Gasteiger charge is -2.36. The number of carbonyl (C=O) groups excluding carboxylic acids is 1. The molecule has 4 rings (SSSR count). The average molecular weight is 475 g/mol. The second-order valence-corrected chi connectivity index (χ2v) is 8.98. The third-order valence-electron chi connectivity index (χ3n) is 5.95. The number of ether oxygens (including phenoxy) is 2. The monoisotopic (exact) mass is 474 g/mol. The molecule has 1 aromatic heterocycles. The van der Waals surface area contributed by atoms with Crippen LogP contribution in [0.3, 0.4) is 0 Å². The molecule has 35 heavy (non-hydrogen) atoms. The highest BCUT2D eigenvalue weighted by Crippen LogP contribution is 2.22. The topological polar surface area (TPSA) is 66.9 Å². The molecule has 1 N–H and O–H groups in total. The number of rotatable bonds is 9. The van der Waals surface area contributed by atoms with Crippen molar-refractivity contribution >= 4 is 17.5 Å². The first-order chi connectivity index (χ1) is 17.0. The van der Waals surface area contributed by atoms with Crippen LogP contribution < -0.4 is 15.0 Å². The Labute approximate surface area is 207 Å². The lowest BCUT2D eigenvalue weighted by atomic mass is 10.1. The lowest BCUT2D eigenvalue weighted by molar-refractivity contribution is 0.0378. The van der Waals surface area contributed by atoms with E-state index in [0.29, 0.717) is 18.0 Å². The quantitative estimate of drug-likeness (QED) is 0.455. The molecule has 2 aromatic carbocycles. The van der Waals surface area contributed by atoms with Gasteiger partial charge in [0.05, 0.1) is 6.10 Å². The molecular formula is C28H34N4O3. The van der Waals surface area contributed by atoms with E-state index in [0.717, 1.165) is 49.7 Å². The Kier molecular flexibility index (Phi) is 8.21. The van der Waals surface area contributed by atoms with E-state index in [4.69, 9.17) is 9.47 Å². The normalized spacial score (nSPS) is 14.1. The molecule has 0 atom stereocenters. The Hall–Kier alpha value is -3.58. The van der Waals surface area contributed by atoms with Gasteiger partial charge in [0.1, 0.15) is 23.7 Å². The minimum Gasteiger partial charge on any atom is -0.489 e. The molecule has 1 aliphatic rings. The van der Waals surface area contributed by atoms with Crippen molar-refractivity contribution < 1.29 is 14.3 Å². The molecule has 1 aliphatic heterocycles. The molecule has 1 saturated heterocycles. The predicted molar refractivity (Wildman–Crippen MR) is 139 cm³/mol. The van der Waals surface area contributed by atoms with Gasteiger partial charge in [0.25, 0.3) is 0 Å². The number of carbonyl (C=O) groups is 1. The molecular weight excluding hydrogens is 440 g/mol. The van der Waals surface area contributed by atoms with E-state index in [-0.39, 0.29) is 12.1 Å². The maximum Gasteiger partial charge on any atom is 0.342 e. The smallest absolute Gasteiger partial charge is 0.342 e. The van der Waals surface area contributed by atoms with Gasteiger partial charge in [-0.3, -0.25) is 4.90 Å². The Bertz CT molecular complexity index is 1130. The van der Waals surface area contributed by atoms with Crippen LogP contribution in [-0.4, -0.2) is 55.2 Å². The summed E-state index contributed by atoms with van der Waals surface area (Å²) in [6.45, 7) is 8.47. The molecule has 2 heterocycles. The number of nitrogens with one attached hydrogen (secondary N) is 1. The molecule has 7 nitrogen and oxygen atoms in total. The van der Waals surface area contributed by atoms with E-state index in [1.165, 1.54) is 5.56 Å². The average Bonchev–Trinajstić information content (AvgIpc) is 2.88. The van der Waals surface area contributed by atoms with Crippen molar-refractivity contribution in [3.63, 3.8) is 0 Å². The number of hydrogen-bond donors (Lipinski definition) is 1. The van der Waals surface area contributed by atoms with Gasteiger partial charge in [0, 0.05) is 51.7 Å². The fraction of sp³-hybridized carbons (Fsp3) is 0.357. The molecule has 1 fully saturated rings. The van der Waals surface area contributed by atoms with Gasteiger partial charge >= 0.3 is 5.97 Å². The standard InChI is InChI=1S/C28H34N4O3/c1-21(2)35-28(33)26-11-6-12-30-27(26)32-15-13-31(14-16-32)19-22-7-5-10-25(18-22)34-20-23-8-4-9-24(17-23)29-3/h4-12,17-18,21,29H,13-16,19-20H2,1-3H3. The highest BCUT2D eigenvalue weighted by atomic mass is 16.5. The minimum absolute atomic E-state index is 0.161. The predicted octanol–water partition coefficient (Wildman–Crippen LogP) is 4.59. The van der Waals surface area contributed by atoms with E-state index in [9.17, 15) is 4.79 Å². The Morgan fingerprint density at radius 2 is 1.77 bits per heavy atom. The largest absolute Gasteiger partial charge is 0.489 e. The molecule has 184 valence electrons. The summed E-state index contributed by atoms with van der Waals surface area (Å²) in [6.07, 6.45) is 1.57. The van der Waals surface area contributed by atoms with Gasteiger partial charge in [-0.2, -0.15) is 0 Å². The fourth-order valence-electron chi connectivity index (χ4n) is 4.18. The molecule has 7 heteroatoms. The van der Waals surface area contributed by atoms with E-state index in [2.05, 4.69) is 44.4 Å². The SMILES string of the molecule is CNc1cccc(COc2cccc(CN3CCN(c4ncccc4C(=O)OC(C)C)CC3)c2)c1. The summed E-state index contributed by atoms with van der Waals surface area (Å²) in [5.41, 5.74) is 3.96. The van der Waals surface area contributed by atoms with Crippen molar-refractivity contribution in [2.45, 2.75) is 33.1 Å². The second-order valence-electron chi connectivity index (χ2n) is 8.98. The Morgan fingerprint density at radius 1 is 1.00 bits per heavy atom. The first-order valence-electron chi connectivity index (χ1n) is 12.1. The van der Waals surface area contributed by atoms with Crippen LogP contribution >= 0.6 is 0 Å². The highest BCUT2D eigenvalue weighted by molar-refractivity contribution is 5.94. The maximum absolute atomic E-state index is 12.5. The van der Waals surface area contributed by atoms with Crippen molar-refractivity contribution in [3.8, 4) is 5.75 Å². The molecule has 0 amide bonds. The second kappa shape index (κ2) is 11.7. The van der Waals surface area contributed by atoms with Crippen molar-refractivity contribution in [2.75, 3.05) is 43.4 Å². The van der Waals surface area contributed by atoms with Crippen LogP contribution in [0.1, 0.15) is 35.3 Å². The molecule has 0 spiro atoms. The first kappa shape index (κ1) is 24.5. The summed E-state index contributed by atoms with van der Waals surface area (Å²) in [7, 11) is 1.92. The number of esters is 1. The summed E-state index contributed by atoms with van der Waals surface area (Å²) in [5, 5.41) is 3.16. The van der Waals surface area contributed by atoms with Crippen LogP contribution in [0.2, 0.25) is 0 Å². The number of hydrogen-bond acceptors (Lipinski definition) is 7. The van der Waals surface area contributed by atoms with Crippen LogP contribution in [0.5, 0.6) is 5.75 Å². The van der Waals surface area contributed by atoms with Gasteiger partial charge < -0.3 is 19.7 Å². The van der Waals surface area contributed by atoms with Crippen LogP contribution in [0.4, 0.5) is 11.5 Å². The van der Waals surface area contributed by atoms with Crippen LogP contribution in [0, 0.1) is 0 Å². The van der Waals surface area contributed by atoms with Crippen molar-refractivity contribution in [3.05, 3.63) is 83.6 Å². The van der Waals surface area contributed by atoms with Gasteiger partial charge in [-0.25, -0.2) is 9.78 Å². The molecule has 0 unspecified atom stereocenters. The van der Waals surface area contributed by atoms with Crippen LogP contribution in [0.25, 0.3) is 0 Å². The van der Waals surface area contributed by atoms with E-state index in [1.54, 1.807) is 18.3 Å². The number of nitrogens with zero attached hydrogens (tertiary/aromatic N) is 3. The zero-order valence-corrected chi connectivity index (χ0v) is 20.7. The number of pyridine rings is 1. The summed E-state index contributed by atoms with van der Waals surface area (Å²) < 4.78 is 11.5. The van der Waals surface area contributed by atoms with Gasteiger partial charge in [0.2, 0.25) is 0 Å². The van der Waals surface area contributed by atoms with Gasteiger partial charge in [-0.05, 0) is 61.4 Å².